The summed E-state index contributed by atoms with van der Waals surface area (Å²) in [5.74, 6) is -1.23. The molecule has 0 bridgehead atoms. The lowest BCUT2D eigenvalue weighted by atomic mass is 10.1. The second-order valence-corrected chi connectivity index (χ2v) is 3.52. The number of nitrogens with one attached hydrogen (secondary N) is 1. The second-order valence-electron chi connectivity index (χ2n) is 3.52. The maximum absolute atomic E-state index is 11.6. The summed E-state index contributed by atoms with van der Waals surface area (Å²) in [6.07, 6.45) is -0.121. The van der Waals surface area contributed by atoms with Crippen molar-refractivity contribution in [1.29, 1.82) is 0 Å². The summed E-state index contributed by atoms with van der Waals surface area (Å²) >= 11 is 0. The molecule has 0 saturated heterocycles. The molecule has 0 aromatic heterocycles. The minimum absolute atomic E-state index is 0.0788. The van der Waals surface area contributed by atoms with Crippen LogP contribution in [0.25, 0.3) is 0 Å². The van der Waals surface area contributed by atoms with E-state index in [2.05, 4.69) is 5.32 Å². The third-order valence-corrected chi connectivity index (χ3v) is 1.99. The fourth-order valence-electron chi connectivity index (χ4n) is 1.23. The summed E-state index contributed by atoms with van der Waals surface area (Å²) < 4.78 is 0. The monoisotopic (exact) mass is 223 g/mol. The van der Waals surface area contributed by atoms with Crippen LogP contribution in [-0.2, 0) is 4.79 Å². The number of aromatic hydroxyl groups is 1. The van der Waals surface area contributed by atoms with E-state index in [9.17, 15) is 9.59 Å². The SMILES string of the molecule is CC(CC(=O)O)NC(=O)c1ccc(O)cc1. The Morgan fingerprint density at radius 1 is 1.31 bits per heavy atom. The van der Waals surface area contributed by atoms with Gasteiger partial charge < -0.3 is 15.5 Å². The highest BCUT2D eigenvalue weighted by Gasteiger charge is 2.12. The number of phenols is 1. The van der Waals surface area contributed by atoms with Gasteiger partial charge in [-0.05, 0) is 31.2 Å². The fourth-order valence-corrected chi connectivity index (χ4v) is 1.23. The zero-order chi connectivity index (χ0) is 12.1. The maximum Gasteiger partial charge on any atom is 0.305 e. The first kappa shape index (κ1) is 12.0. The molecular weight excluding hydrogens is 210 g/mol. The van der Waals surface area contributed by atoms with Crippen LogP contribution in [0.3, 0.4) is 0 Å². The maximum atomic E-state index is 11.6. The highest BCUT2D eigenvalue weighted by molar-refractivity contribution is 5.94. The number of carboxylic acids is 1. The second kappa shape index (κ2) is 5.16. The van der Waals surface area contributed by atoms with Crippen molar-refractivity contribution in [3.8, 4) is 5.75 Å². The zero-order valence-electron chi connectivity index (χ0n) is 8.80. The molecule has 0 spiro atoms. The third-order valence-electron chi connectivity index (χ3n) is 1.99. The van der Waals surface area contributed by atoms with Crippen molar-refractivity contribution in [1.82, 2.24) is 5.32 Å². The van der Waals surface area contributed by atoms with Gasteiger partial charge in [0.2, 0.25) is 0 Å². The van der Waals surface area contributed by atoms with Crippen LogP contribution in [0, 0.1) is 0 Å². The first-order chi connectivity index (χ1) is 7.49. The van der Waals surface area contributed by atoms with E-state index in [1.807, 2.05) is 0 Å². The average molecular weight is 223 g/mol. The van der Waals surface area contributed by atoms with Gasteiger partial charge >= 0.3 is 5.97 Å². The van der Waals surface area contributed by atoms with E-state index in [1.165, 1.54) is 24.3 Å². The summed E-state index contributed by atoms with van der Waals surface area (Å²) in [4.78, 5) is 22.0. The fraction of sp³-hybridized carbons (Fsp3) is 0.273. The van der Waals surface area contributed by atoms with E-state index in [-0.39, 0.29) is 18.1 Å². The van der Waals surface area contributed by atoms with E-state index < -0.39 is 12.0 Å². The highest BCUT2D eigenvalue weighted by Crippen LogP contribution is 2.09. The van der Waals surface area contributed by atoms with E-state index in [1.54, 1.807) is 6.92 Å². The lowest BCUT2D eigenvalue weighted by Gasteiger charge is -2.11. The molecule has 1 aromatic carbocycles. The molecule has 0 fully saturated rings. The Kier molecular flexibility index (Phi) is 3.88. The van der Waals surface area contributed by atoms with Crippen molar-refractivity contribution in [2.75, 3.05) is 0 Å². The van der Waals surface area contributed by atoms with Crippen molar-refractivity contribution in [3.63, 3.8) is 0 Å². The predicted octanol–water partition coefficient (Wildman–Crippen LogP) is 0.985. The third kappa shape index (κ3) is 3.61. The van der Waals surface area contributed by atoms with Crippen molar-refractivity contribution in [2.24, 2.45) is 0 Å². The van der Waals surface area contributed by atoms with Crippen LogP contribution in [-0.4, -0.2) is 28.1 Å². The molecule has 16 heavy (non-hydrogen) atoms. The molecule has 0 radical (unpaired) electrons. The Bertz CT molecular complexity index is 385. The number of hydrogen-bond donors (Lipinski definition) is 3. The van der Waals surface area contributed by atoms with Crippen molar-refractivity contribution in [3.05, 3.63) is 29.8 Å². The molecule has 1 aromatic rings. The van der Waals surface area contributed by atoms with Gasteiger partial charge in [-0.25, -0.2) is 0 Å². The van der Waals surface area contributed by atoms with Crippen LogP contribution in [0.5, 0.6) is 5.75 Å². The van der Waals surface area contributed by atoms with Crippen LogP contribution < -0.4 is 5.32 Å². The molecule has 86 valence electrons. The topological polar surface area (TPSA) is 86.6 Å². The molecule has 0 aliphatic carbocycles. The Hall–Kier alpha value is -2.04. The Morgan fingerprint density at radius 3 is 2.38 bits per heavy atom. The van der Waals surface area contributed by atoms with Gasteiger partial charge in [-0.2, -0.15) is 0 Å². The number of carbonyl (C=O) groups is 2. The molecular formula is C11H13NO4. The summed E-state index contributed by atoms with van der Waals surface area (Å²) in [6, 6.07) is 5.31. The van der Waals surface area contributed by atoms with E-state index in [0.29, 0.717) is 5.56 Å². The Balaban J connectivity index is 2.58. The van der Waals surface area contributed by atoms with E-state index in [0.717, 1.165) is 0 Å². The zero-order valence-corrected chi connectivity index (χ0v) is 8.80. The van der Waals surface area contributed by atoms with Gasteiger partial charge in [-0.15, -0.1) is 0 Å². The number of hydrogen-bond acceptors (Lipinski definition) is 3. The van der Waals surface area contributed by atoms with Gasteiger partial charge in [0.05, 0.1) is 6.42 Å². The first-order valence-corrected chi connectivity index (χ1v) is 4.80. The number of amides is 1. The summed E-state index contributed by atoms with van der Waals surface area (Å²) in [5, 5.41) is 20.1. The lowest BCUT2D eigenvalue weighted by Crippen LogP contribution is -2.34. The van der Waals surface area contributed by atoms with Crippen molar-refractivity contribution < 1.29 is 19.8 Å². The lowest BCUT2D eigenvalue weighted by molar-refractivity contribution is -0.137. The minimum atomic E-state index is -0.960. The van der Waals surface area contributed by atoms with Gasteiger partial charge in [0, 0.05) is 11.6 Å². The van der Waals surface area contributed by atoms with Gasteiger partial charge in [-0.3, -0.25) is 9.59 Å². The average Bonchev–Trinajstić information content (AvgIpc) is 2.16. The summed E-state index contributed by atoms with van der Waals surface area (Å²) in [6.45, 7) is 1.62. The van der Waals surface area contributed by atoms with Gasteiger partial charge in [0.25, 0.3) is 5.91 Å². The number of benzene rings is 1. The quantitative estimate of drug-likeness (QED) is 0.710. The number of carboxylic acid groups (broad SMARTS) is 1. The molecule has 1 atom stereocenters. The van der Waals surface area contributed by atoms with Gasteiger partial charge in [0.15, 0.2) is 0 Å². The molecule has 0 saturated carbocycles. The number of carbonyl (C=O) groups excluding carboxylic acids is 1. The van der Waals surface area contributed by atoms with E-state index >= 15 is 0 Å². The normalized spacial score (nSPS) is 11.8. The molecule has 0 heterocycles. The Labute approximate surface area is 92.7 Å². The number of rotatable bonds is 4. The van der Waals surface area contributed by atoms with Crippen LogP contribution in [0.4, 0.5) is 0 Å². The molecule has 5 nitrogen and oxygen atoms in total. The number of aliphatic carboxylic acids is 1. The Morgan fingerprint density at radius 2 is 1.88 bits per heavy atom. The molecule has 3 N–H and O–H groups in total. The van der Waals surface area contributed by atoms with Crippen molar-refractivity contribution >= 4 is 11.9 Å². The minimum Gasteiger partial charge on any atom is -0.508 e. The smallest absolute Gasteiger partial charge is 0.305 e. The highest BCUT2D eigenvalue weighted by atomic mass is 16.4. The van der Waals surface area contributed by atoms with Crippen LogP contribution in [0.1, 0.15) is 23.7 Å². The molecule has 0 aliphatic rings. The first-order valence-electron chi connectivity index (χ1n) is 4.80. The molecule has 5 heteroatoms. The molecule has 1 amide bonds. The number of phenolic OH excluding ortho intramolecular Hbond substituents is 1. The van der Waals surface area contributed by atoms with Crippen LogP contribution in [0.2, 0.25) is 0 Å². The molecule has 1 unspecified atom stereocenters. The molecule has 0 aliphatic heterocycles. The summed E-state index contributed by atoms with van der Waals surface area (Å²) in [5.41, 5.74) is 0.384. The van der Waals surface area contributed by atoms with Gasteiger partial charge in [0.1, 0.15) is 5.75 Å². The predicted molar refractivity (Wildman–Crippen MR) is 57.3 cm³/mol. The largest absolute Gasteiger partial charge is 0.508 e. The standard InChI is InChI=1S/C11H13NO4/c1-7(6-10(14)15)12-11(16)8-2-4-9(13)5-3-8/h2-5,7,13H,6H2,1H3,(H,12,16)(H,14,15). The van der Waals surface area contributed by atoms with Crippen LogP contribution >= 0.6 is 0 Å². The van der Waals surface area contributed by atoms with Crippen LogP contribution in [0.15, 0.2) is 24.3 Å². The van der Waals surface area contributed by atoms with E-state index in [4.69, 9.17) is 10.2 Å². The van der Waals surface area contributed by atoms with Crippen molar-refractivity contribution in [2.45, 2.75) is 19.4 Å². The summed E-state index contributed by atoms with van der Waals surface area (Å²) in [7, 11) is 0. The molecule has 1 rings (SSSR count). The van der Waals surface area contributed by atoms with Gasteiger partial charge in [-0.1, -0.05) is 0 Å².